The fourth-order valence-electron chi connectivity index (χ4n) is 2.93. The van der Waals surface area contributed by atoms with Gasteiger partial charge in [-0.3, -0.25) is 0 Å². The monoisotopic (exact) mass is 449 g/mol. The topological polar surface area (TPSA) is 117 Å². The molecule has 1 atom stereocenters. The molecule has 0 aromatic carbocycles. The van der Waals surface area contributed by atoms with E-state index in [9.17, 15) is 9.59 Å². The number of H-pyrrole nitrogens is 1. The molecule has 2 rings (SSSR count). The van der Waals surface area contributed by atoms with Crippen LogP contribution in [0.4, 0.5) is 4.79 Å². The molecule has 2 aromatic rings. The quantitative estimate of drug-likeness (QED) is 0.262. The van der Waals surface area contributed by atoms with Crippen LogP contribution in [0.15, 0.2) is 24.5 Å². The van der Waals surface area contributed by atoms with Gasteiger partial charge in [0.2, 0.25) is 0 Å². The molecular weight excluding hydrogens is 418 g/mol. The van der Waals surface area contributed by atoms with Crippen LogP contribution in [0.25, 0.3) is 11.0 Å². The summed E-state index contributed by atoms with van der Waals surface area (Å²) >= 11 is 5.33. The number of rotatable bonds is 9. The third-order valence-electron chi connectivity index (χ3n) is 4.37. The molecule has 2 heterocycles. The maximum absolute atomic E-state index is 11.9. The smallest absolute Gasteiger partial charge is 0.408 e. The Morgan fingerprint density at radius 2 is 2.00 bits per heavy atom. The number of aromatic nitrogens is 2. The molecule has 2 aromatic heterocycles. The number of unbranched alkanes of at least 4 members (excludes halogenated alkanes) is 1. The third-order valence-corrected chi connectivity index (χ3v) is 4.66. The predicted octanol–water partition coefficient (Wildman–Crippen LogP) is 2.76. The number of hydrogen-bond donors (Lipinski definition) is 4. The zero-order valence-electron chi connectivity index (χ0n) is 18.4. The molecule has 0 fully saturated rings. The highest BCUT2D eigenvalue weighted by Gasteiger charge is 2.24. The molecule has 0 aliphatic carbocycles. The largest absolute Gasteiger partial charge is 0.467 e. The van der Waals surface area contributed by atoms with Crippen molar-refractivity contribution in [3.63, 3.8) is 0 Å². The van der Waals surface area contributed by atoms with Gasteiger partial charge in [0.25, 0.3) is 0 Å². The van der Waals surface area contributed by atoms with Gasteiger partial charge < -0.3 is 30.4 Å². The lowest BCUT2D eigenvalue weighted by atomic mass is 10.1. The van der Waals surface area contributed by atoms with E-state index in [0.29, 0.717) is 31.0 Å². The maximum Gasteiger partial charge on any atom is 0.408 e. The molecule has 0 saturated heterocycles. The van der Waals surface area contributed by atoms with E-state index in [1.54, 1.807) is 27.0 Å². The summed E-state index contributed by atoms with van der Waals surface area (Å²) in [6.07, 6.45) is 4.88. The molecule has 10 heteroatoms. The summed E-state index contributed by atoms with van der Waals surface area (Å²) in [6, 6.07) is 3.19. The maximum atomic E-state index is 11.9. The lowest BCUT2D eigenvalue weighted by Gasteiger charge is -2.22. The zero-order chi connectivity index (χ0) is 22.9. The van der Waals surface area contributed by atoms with Crippen LogP contribution in [-0.2, 0) is 20.8 Å². The standard InChI is InChI=1S/C21H31N5O4S/c1-21(2,3)30-20(28)26-16(18(27)29-4)7-5-6-10-24-19(31)25-13-14-8-11-22-17-15(14)9-12-23-17/h8-9,11-12,16H,5-7,10,13H2,1-4H3,(H,22,23)(H,26,28)(H2,24,25,31). The third kappa shape index (κ3) is 8.41. The van der Waals surface area contributed by atoms with Gasteiger partial charge in [-0.1, -0.05) is 0 Å². The SMILES string of the molecule is COC(=O)C(CCCCNC(=S)NCc1ccnc2[nH]ccc12)NC(=O)OC(C)(C)C. The number of esters is 1. The summed E-state index contributed by atoms with van der Waals surface area (Å²) in [4.78, 5) is 31.2. The number of carbonyl (C=O) groups excluding carboxylic acids is 2. The number of aromatic amines is 1. The number of nitrogens with zero attached hydrogens (tertiary/aromatic N) is 1. The van der Waals surface area contributed by atoms with Crippen molar-refractivity contribution in [3.8, 4) is 0 Å². The van der Waals surface area contributed by atoms with Crippen LogP contribution in [0.5, 0.6) is 0 Å². The van der Waals surface area contributed by atoms with E-state index >= 15 is 0 Å². The second kappa shape index (κ2) is 11.5. The highest BCUT2D eigenvalue weighted by Crippen LogP contribution is 2.14. The van der Waals surface area contributed by atoms with Crippen molar-refractivity contribution in [3.05, 3.63) is 30.1 Å². The number of methoxy groups -OCH3 is 1. The van der Waals surface area contributed by atoms with Gasteiger partial charge in [0.15, 0.2) is 5.11 Å². The molecular formula is C21H31N5O4S. The molecule has 0 spiro atoms. The fraction of sp³-hybridized carbons (Fsp3) is 0.524. The van der Waals surface area contributed by atoms with E-state index < -0.39 is 23.7 Å². The highest BCUT2D eigenvalue weighted by atomic mass is 32.1. The van der Waals surface area contributed by atoms with E-state index in [1.807, 2.05) is 18.3 Å². The van der Waals surface area contributed by atoms with Crippen LogP contribution < -0.4 is 16.0 Å². The van der Waals surface area contributed by atoms with Crippen molar-refractivity contribution in [1.82, 2.24) is 25.9 Å². The molecule has 0 aliphatic heterocycles. The first kappa shape index (κ1) is 24.4. The van der Waals surface area contributed by atoms with Gasteiger partial charge in [-0.25, -0.2) is 14.6 Å². The Kier molecular flexibility index (Phi) is 9.04. The molecule has 1 amide bonds. The van der Waals surface area contributed by atoms with Crippen molar-refractivity contribution >= 4 is 40.4 Å². The van der Waals surface area contributed by atoms with Gasteiger partial charge in [-0.05, 0) is 69.9 Å². The van der Waals surface area contributed by atoms with E-state index in [4.69, 9.17) is 21.7 Å². The Hall–Kier alpha value is -2.88. The second-order valence-electron chi connectivity index (χ2n) is 8.04. The van der Waals surface area contributed by atoms with Crippen molar-refractivity contribution < 1.29 is 19.1 Å². The first-order chi connectivity index (χ1) is 14.7. The predicted molar refractivity (Wildman–Crippen MR) is 123 cm³/mol. The van der Waals surface area contributed by atoms with E-state index in [1.165, 1.54) is 7.11 Å². The number of alkyl carbamates (subject to hydrolysis) is 1. The number of ether oxygens (including phenoxy) is 2. The first-order valence-corrected chi connectivity index (χ1v) is 10.6. The molecule has 0 bridgehead atoms. The summed E-state index contributed by atoms with van der Waals surface area (Å²) in [6.45, 7) is 6.52. The number of thiocarbonyl (C=S) groups is 1. The summed E-state index contributed by atoms with van der Waals surface area (Å²) in [5, 5.41) is 10.5. The number of fused-ring (bicyclic) bond motifs is 1. The van der Waals surface area contributed by atoms with Crippen molar-refractivity contribution in [2.24, 2.45) is 0 Å². The Balaban J connectivity index is 1.68. The van der Waals surface area contributed by atoms with Gasteiger partial charge in [0, 0.05) is 30.9 Å². The van der Waals surface area contributed by atoms with Gasteiger partial charge in [0.05, 0.1) is 7.11 Å². The highest BCUT2D eigenvalue weighted by molar-refractivity contribution is 7.80. The fourth-order valence-corrected chi connectivity index (χ4v) is 3.10. The number of carbonyl (C=O) groups is 2. The Morgan fingerprint density at radius 3 is 2.71 bits per heavy atom. The molecule has 4 N–H and O–H groups in total. The van der Waals surface area contributed by atoms with Crippen molar-refractivity contribution in [2.75, 3.05) is 13.7 Å². The average molecular weight is 450 g/mol. The average Bonchev–Trinajstić information content (AvgIpc) is 3.18. The van der Waals surface area contributed by atoms with Gasteiger partial charge in [-0.15, -0.1) is 0 Å². The molecule has 1 unspecified atom stereocenters. The number of amides is 1. The lowest BCUT2D eigenvalue weighted by Crippen LogP contribution is -2.44. The minimum Gasteiger partial charge on any atom is -0.467 e. The van der Waals surface area contributed by atoms with Crippen LogP contribution in [-0.4, -0.2) is 52.4 Å². The van der Waals surface area contributed by atoms with Crippen LogP contribution >= 0.6 is 12.2 Å². The summed E-state index contributed by atoms with van der Waals surface area (Å²) in [7, 11) is 1.29. The zero-order valence-corrected chi connectivity index (χ0v) is 19.2. The van der Waals surface area contributed by atoms with E-state index in [-0.39, 0.29) is 0 Å². The Bertz CT molecular complexity index is 893. The van der Waals surface area contributed by atoms with Gasteiger partial charge in [-0.2, -0.15) is 0 Å². The minimum absolute atomic E-state index is 0.441. The first-order valence-electron chi connectivity index (χ1n) is 10.2. The molecule has 0 saturated carbocycles. The van der Waals surface area contributed by atoms with Crippen LogP contribution in [0.2, 0.25) is 0 Å². The molecule has 0 radical (unpaired) electrons. The van der Waals surface area contributed by atoms with Crippen molar-refractivity contribution in [2.45, 2.75) is 58.2 Å². The van der Waals surface area contributed by atoms with Crippen LogP contribution in [0.3, 0.4) is 0 Å². The van der Waals surface area contributed by atoms with E-state index in [2.05, 4.69) is 25.9 Å². The van der Waals surface area contributed by atoms with Crippen LogP contribution in [0, 0.1) is 0 Å². The van der Waals surface area contributed by atoms with Gasteiger partial charge in [0.1, 0.15) is 17.3 Å². The normalized spacial score (nSPS) is 12.1. The summed E-state index contributed by atoms with van der Waals surface area (Å²) in [5.41, 5.74) is 1.31. The molecule has 170 valence electrons. The Morgan fingerprint density at radius 1 is 1.23 bits per heavy atom. The minimum atomic E-state index is -0.750. The Labute approximate surface area is 187 Å². The number of hydrogen-bond acceptors (Lipinski definition) is 6. The molecule has 31 heavy (non-hydrogen) atoms. The lowest BCUT2D eigenvalue weighted by molar-refractivity contribution is -0.143. The molecule has 0 aliphatic rings. The van der Waals surface area contributed by atoms with Gasteiger partial charge >= 0.3 is 12.1 Å². The number of pyridine rings is 1. The van der Waals surface area contributed by atoms with Crippen molar-refractivity contribution in [1.29, 1.82) is 0 Å². The summed E-state index contributed by atoms with van der Waals surface area (Å²) < 4.78 is 9.98. The van der Waals surface area contributed by atoms with Crippen LogP contribution in [0.1, 0.15) is 45.6 Å². The van der Waals surface area contributed by atoms with E-state index in [0.717, 1.165) is 23.0 Å². The second-order valence-corrected chi connectivity index (χ2v) is 8.45. The molecule has 9 nitrogen and oxygen atoms in total. The number of nitrogens with one attached hydrogen (secondary N) is 4. The summed E-state index contributed by atoms with van der Waals surface area (Å²) in [5.74, 6) is -0.496.